The van der Waals surface area contributed by atoms with Crippen LogP contribution >= 0.6 is 8.60 Å². The highest BCUT2D eigenvalue weighted by Crippen LogP contribution is 2.43. The summed E-state index contributed by atoms with van der Waals surface area (Å²) in [6, 6.07) is 29.2. The topological polar surface area (TPSA) is 76.0 Å². The van der Waals surface area contributed by atoms with Crippen LogP contribution in [-0.2, 0) is 20.5 Å². The Kier molecular flexibility index (Phi) is 10.0. The summed E-state index contributed by atoms with van der Waals surface area (Å²) in [5, 5.41) is 4.15. The average molecular weight is 629 g/mol. The van der Waals surface area contributed by atoms with Crippen LogP contribution in [-0.4, -0.2) is 22.9 Å². The summed E-state index contributed by atoms with van der Waals surface area (Å²) in [5.41, 5.74) is 7.02. The van der Waals surface area contributed by atoms with Crippen molar-refractivity contribution >= 4 is 48.1 Å². The fourth-order valence-electron chi connectivity index (χ4n) is 6.26. The van der Waals surface area contributed by atoms with Gasteiger partial charge in [-0.2, -0.15) is 0 Å². The van der Waals surface area contributed by atoms with E-state index in [0.29, 0.717) is 18.6 Å². The lowest BCUT2D eigenvalue weighted by Crippen LogP contribution is -2.27. The monoisotopic (exact) mass is 628 g/mol. The summed E-state index contributed by atoms with van der Waals surface area (Å²) in [6.45, 7) is 0. The zero-order chi connectivity index (χ0) is 31.9. The van der Waals surface area contributed by atoms with Gasteiger partial charge < -0.3 is 19.0 Å². The molecule has 5 nitrogen and oxygen atoms in total. The fraction of sp³-hybridized carbons (Fsp3) is 0.175. The summed E-state index contributed by atoms with van der Waals surface area (Å²) < 4.78 is 10.9. The minimum atomic E-state index is -2.70. The predicted octanol–water partition coefficient (Wildman–Crippen LogP) is 7.65. The number of unbranched alkanes of at least 4 members (excludes halogenated alkanes) is 1. The molecule has 46 heavy (non-hydrogen) atoms. The van der Waals surface area contributed by atoms with Gasteiger partial charge in [-0.15, -0.1) is 0 Å². The van der Waals surface area contributed by atoms with Crippen LogP contribution < -0.4 is 10.4 Å². The molecule has 0 unspecified atom stereocenters. The van der Waals surface area contributed by atoms with Crippen molar-refractivity contribution in [3.63, 3.8) is 0 Å². The van der Waals surface area contributed by atoms with Gasteiger partial charge in [0.1, 0.15) is 5.76 Å². The third-order valence-corrected chi connectivity index (χ3v) is 8.84. The number of carbonyl (C=O) groups excluding carboxylic acids is 1. The number of aryl methyl sites for hydroxylation is 1. The number of methoxy groups -OCH3 is 1. The second-order valence-electron chi connectivity index (χ2n) is 11.4. The van der Waals surface area contributed by atoms with Crippen LogP contribution in [0.1, 0.15) is 54.4 Å². The van der Waals surface area contributed by atoms with Crippen molar-refractivity contribution in [2.45, 2.75) is 38.5 Å². The Morgan fingerprint density at radius 3 is 2.52 bits per heavy atom. The Balaban J connectivity index is 1.60. The zero-order valence-electron chi connectivity index (χ0n) is 25.9. The standard InChI is InChI=1S/C40H37O5P/c1-44-38(41)20-12-9-13-28-21-23-34-33(25-28)26-32(29-14-5-2-3-6-15-29)27-37(34)39-35-19-11-10-18-31(35)22-24-36(40(39)45-46(42)43)30-16-7-4-8-17-30/h2-5,7-8,10-11,14-19,21-23,25-27,42-43H,6,9,12-13,20,24H2,1H3. The number of benzene rings is 4. The third kappa shape index (κ3) is 7.13. The molecule has 232 valence electrons. The number of hydrogen-bond acceptors (Lipinski definition) is 5. The first-order chi connectivity index (χ1) is 22.5. The van der Waals surface area contributed by atoms with Gasteiger partial charge in [0, 0.05) is 17.6 Å². The van der Waals surface area contributed by atoms with Crippen LogP contribution in [0.4, 0.5) is 0 Å². The van der Waals surface area contributed by atoms with E-state index < -0.39 is 8.60 Å². The van der Waals surface area contributed by atoms with Crippen LogP contribution in [0.2, 0.25) is 0 Å². The van der Waals surface area contributed by atoms with Crippen molar-refractivity contribution in [1.29, 1.82) is 0 Å². The molecule has 0 fully saturated rings. The Bertz CT molecular complexity index is 2000. The molecule has 6 rings (SSSR count). The number of allylic oxidation sites excluding steroid dienone is 8. The largest absolute Gasteiger partial charge is 0.469 e. The van der Waals surface area contributed by atoms with E-state index in [1.807, 2.05) is 42.5 Å². The highest BCUT2D eigenvalue weighted by Gasteiger charge is 2.25. The van der Waals surface area contributed by atoms with Gasteiger partial charge in [0.25, 0.3) is 0 Å². The first-order valence-corrected chi connectivity index (χ1v) is 16.8. The Morgan fingerprint density at radius 1 is 0.870 bits per heavy atom. The highest BCUT2D eigenvalue weighted by atomic mass is 31.2. The molecule has 0 bridgehead atoms. The second kappa shape index (κ2) is 14.7. The number of fused-ring (bicyclic) bond motifs is 2. The highest BCUT2D eigenvalue weighted by molar-refractivity contribution is 7.39. The fourth-order valence-corrected chi connectivity index (χ4v) is 6.63. The van der Waals surface area contributed by atoms with Gasteiger partial charge in [0.05, 0.1) is 7.11 Å². The number of hydrogen-bond donors (Lipinski definition) is 2. The zero-order valence-corrected chi connectivity index (χ0v) is 26.8. The summed E-state index contributed by atoms with van der Waals surface area (Å²) in [4.78, 5) is 32.3. The van der Waals surface area contributed by atoms with Gasteiger partial charge in [0.15, 0.2) is 0 Å². The molecule has 4 aromatic rings. The van der Waals surface area contributed by atoms with E-state index in [2.05, 4.69) is 78.9 Å². The third-order valence-electron chi connectivity index (χ3n) is 8.49. The van der Waals surface area contributed by atoms with E-state index >= 15 is 0 Å². The molecule has 2 aliphatic carbocycles. The Morgan fingerprint density at radius 2 is 1.70 bits per heavy atom. The first-order valence-electron chi connectivity index (χ1n) is 15.6. The van der Waals surface area contributed by atoms with Crippen molar-refractivity contribution in [3.05, 3.63) is 154 Å². The molecule has 2 N–H and O–H groups in total. The minimum Gasteiger partial charge on any atom is -0.469 e. The van der Waals surface area contributed by atoms with E-state index in [0.717, 1.165) is 80.3 Å². The molecule has 0 atom stereocenters. The SMILES string of the molecule is COC(=O)CCCCc1ccc2c(C3=c4ccccc4=CCC(c4ccccc4)=C3OP(O)O)cc(C3=CCC=CC=C3)cc2c1. The molecular weight excluding hydrogens is 591 g/mol. The lowest BCUT2D eigenvalue weighted by Gasteiger charge is -2.21. The smallest absolute Gasteiger partial charge is 0.391 e. The molecule has 6 heteroatoms. The van der Waals surface area contributed by atoms with Crippen LogP contribution in [0.25, 0.3) is 33.6 Å². The Hall–Kier alpha value is -4.54. The normalized spacial score (nSPS) is 14.4. The van der Waals surface area contributed by atoms with Gasteiger partial charge in [-0.25, -0.2) is 0 Å². The maximum atomic E-state index is 11.6. The summed E-state index contributed by atoms with van der Waals surface area (Å²) in [7, 11) is -1.28. The molecule has 0 radical (unpaired) electrons. The van der Waals surface area contributed by atoms with Crippen molar-refractivity contribution in [3.8, 4) is 0 Å². The first kappa shape index (κ1) is 31.4. The molecule has 0 saturated carbocycles. The number of rotatable bonds is 10. The molecule has 0 spiro atoms. The summed E-state index contributed by atoms with van der Waals surface area (Å²) in [5.74, 6) is 0.293. The van der Waals surface area contributed by atoms with Crippen LogP contribution in [0.3, 0.4) is 0 Å². The summed E-state index contributed by atoms with van der Waals surface area (Å²) in [6.07, 6.45) is 17.1. The molecule has 0 saturated heterocycles. The van der Waals surface area contributed by atoms with Gasteiger partial charge in [-0.3, -0.25) is 4.79 Å². The van der Waals surface area contributed by atoms with E-state index in [9.17, 15) is 14.6 Å². The number of esters is 1. The van der Waals surface area contributed by atoms with E-state index in [1.165, 1.54) is 12.7 Å². The van der Waals surface area contributed by atoms with Gasteiger partial charge in [-0.05, 0) is 93.3 Å². The van der Waals surface area contributed by atoms with Gasteiger partial charge in [0.2, 0.25) is 0 Å². The quantitative estimate of drug-likeness (QED) is 0.107. The Labute approximate surface area is 270 Å². The molecule has 0 aromatic heterocycles. The maximum Gasteiger partial charge on any atom is 0.391 e. The van der Waals surface area contributed by atoms with Gasteiger partial charge in [-0.1, -0.05) is 109 Å². The molecule has 4 aromatic carbocycles. The number of carbonyl (C=O) groups is 1. The molecular formula is C40H37O5P. The van der Waals surface area contributed by atoms with E-state index in [4.69, 9.17) is 9.26 Å². The van der Waals surface area contributed by atoms with Crippen molar-refractivity contribution in [2.24, 2.45) is 0 Å². The lowest BCUT2D eigenvalue weighted by molar-refractivity contribution is -0.140. The van der Waals surface area contributed by atoms with Crippen LogP contribution in [0.15, 0.2) is 121 Å². The number of ether oxygens (including phenoxy) is 1. The second-order valence-corrected chi connectivity index (χ2v) is 12.1. The van der Waals surface area contributed by atoms with Crippen molar-refractivity contribution in [2.75, 3.05) is 7.11 Å². The summed E-state index contributed by atoms with van der Waals surface area (Å²) >= 11 is 0. The molecule has 0 heterocycles. The van der Waals surface area contributed by atoms with Gasteiger partial charge >= 0.3 is 14.6 Å². The van der Waals surface area contributed by atoms with Crippen molar-refractivity contribution in [1.82, 2.24) is 0 Å². The molecule has 0 amide bonds. The maximum absolute atomic E-state index is 11.6. The van der Waals surface area contributed by atoms with E-state index in [-0.39, 0.29) is 5.97 Å². The molecule has 0 aliphatic heterocycles. The molecule has 2 aliphatic rings. The predicted molar refractivity (Wildman–Crippen MR) is 187 cm³/mol. The average Bonchev–Trinajstić information content (AvgIpc) is 3.44. The van der Waals surface area contributed by atoms with Crippen LogP contribution in [0.5, 0.6) is 0 Å². The van der Waals surface area contributed by atoms with Crippen LogP contribution in [0, 0.1) is 0 Å². The lowest BCUT2D eigenvalue weighted by atomic mass is 9.88. The minimum absolute atomic E-state index is 0.180. The van der Waals surface area contributed by atoms with Crippen molar-refractivity contribution < 1.29 is 23.8 Å². The van der Waals surface area contributed by atoms with E-state index in [1.54, 1.807) is 0 Å².